The lowest BCUT2D eigenvalue weighted by atomic mass is 10.1. The Bertz CT molecular complexity index is 1010. The highest BCUT2D eigenvalue weighted by Crippen LogP contribution is 2.14. The van der Waals surface area contributed by atoms with Crippen molar-refractivity contribution in [1.29, 1.82) is 0 Å². The SMILES string of the molecule is CC/C=C/C/C=C/C/C=C/C/C=C/CCCCCCCCC(=O)OCC(COCCC(C(=O)O)[N+](C)(C)C)OC(=O)CCCCCCCCCCCC. The molecule has 0 rings (SSSR count). The summed E-state index contributed by atoms with van der Waals surface area (Å²) in [6.45, 7) is 4.59. The van der Waals surface area contributed by atoms with E-state index in [0.717, 1.165) is 77.0 Å². The second-order valence-corrected chi connectivity index (χ2v) is 15.2. The lowest BCUT2D eigenvalue weighted by molar-refractivity contribution is -0.887. The van der Waals surface area contributed by atoms with Gasteiger partial charge < -0.3 is 23.8 Å². The third-order valence-electron chi connectivity index (χ3n) is 9.24. The maximum Gasteiger partial charge on any atom is 0.362 e. The first-order chi connectivity index (χ1) is 25.6. The van der Waals surface area contributed by atoms with E-state index in [-0.39, 0.29) is 36.2 Å². The van der Waals surface area contributed by atoms with E-state index in [9.17, 15) is 19.5 Å². The highest BCUT2D eigenvalue weighted by atomic mass is 16.6. The lowest BCUT2D eigenvalue weighted by Gasteiger charge is -2.31. The molecule has 8 heteroatoms. The molecule has 0 amide bonds. The molecule has 0 aromatic rings. The van der Waals surface area contributed by atoms with Gasteiger partial charge in [-0.25, -0.2) is 4.79 Å². The van der Waals surface area contributed by atoms with Crippen molar-refractivity contribution in [3.63, 3.8) is 0 Å². The van der Waals surface area contributed by atoms with Gasteiger partial charge in [-0.3, -0.25) is 9.59 Å². The van der Waals surface area contributed by atoms with E-state index in [1.165, 1.54) is 57.8 Å². The molecule has 0 spiro atoms. The number of carbonyl (C=O) groups excluding carboxylic acids is 2. The van der Waals surface area contributed by atoms with Crippen LogP contribution in [0.5, 0.6) is 0 Å². The molecule has 0 saturated heterocycles. The summed E-state index contributed by atoms with van der Waals surface area (Å²) < 4.78 is 17.2. The lowest BCUT2D eigenvalue weighted by Crippen LogP contribution is -2.50. The molecule has 0 saturated carbocycles. The molecular weight excluding hydrogens is 666 g/mol. The van der Waals surface area contributed by atoms with Crippen LogP contribution in [0, 0.1) is 0 Å². The summed E-state index contributed by atoms with van der Waals surface area (Å²) in [6.07, 6.45) is 41.5. The number of esters is 2. The second kappa shape index (κ2) is 36.3. The molecule has 0 fully saturated rings. The van der Waals surface area contributed by atoms with Gasteiger partial charge >= 0.3 is 17.9 Å². The number of rotatable bonds is 37. The predicted octanol–water partition coefficient (Wildman–Crippen LogP) is 11.2. The van der Waals surface area contributed by atoms with Crippen molar-refractivity contribution in [2.75, 3.05) is 41.0 Å². The van der Waals surface area contributed by atoms with Crippen molar-refractivity contribution in [3.05, 3.63) is 48.6 Å². The molecule has 0 aromatic heterocycles. The maximum atomic E-state index is 12.6. The van der Waals surface area contributed by atoms with E-state index in [2.05, 4.69) is 62.5 Å². The number of allylic oxidation sites excluding steroid dienone is 8. The number of nitrogens with zero attached hydrogens (tertiary/aromatic N) is 1. The topological polar surface area (TPSA) is 99.1 Å². The van der Waals surface area contributed by atoms with Crippen LogP contribution >= 0.6 is 0 Å². The Morgan fingerprint density at radius 3 is 1.57 bits per heavy atom. The fourth-order valence-corrected chi connectivity index (χ4v) is 5.96. The first-order valence-corrected chi connectivity index (χ1v) is 21.2. The molecule has 1 N–H and O–H groups in total. The van der Waals surface area contributed by atoms with Gasteiger partial charge in [-0.05, 0) is 51.4 Å². The Morgan fingerprint density at radius 1 is 0.585 bits per heavy atom. The van der Waals surface area contributed by atoms with Crippen LogP contribution in [-0.4, -0.2) is 80.6 Å². The third-order valence-corrected chi connectivity index (χ3v) is 9.24. The first kappa shape index (κ1) is 50.3. The molecular formula is C45H80NO7+. The van der Waals surface area contributed by atoms with Crippen molar-refractivity contribution in [3.8, 4) is 0 Å². The van der Waals surface area contributed by atoms with Crippen LogP contribution < -0.4 is 0 Å². The molecule has 0 bridgehead atoms. The van der Waals surface area contributed by atoms with Crippen molar-refractivity contribution in [1.82, 2.24) is 0 Å². The number of ether oxygens (including phenoxy) is 3. The van der Waals surface area contributed by atoms with E-state index >= 15 is 0 Å². The number of quaternary nitrogens is 1. The molecule has 53 heavy (non-hydrogen) atoms. The van der Waals surface area contributed by atoms with Crippen molar-refractivity contribution in [2.45, 2.75) is 180 Å². The maximum absolute atomic E-state index is 12.6. The average molecular weight is 747 g/mol. The zero-order chi connectivity index (χ0) is 39.3. The summed E-state index contributed by atoms with van der Waals surface area (Å²) >= 11 is 0. The third kappa shape index (κ3) is 34.8. The smallest absolute Gasteiger partial charge is 0.362 e. The molecule has 0 aliphatic carbocycles. The Labute approximate surface area is 325 Å². The van der Waals surface area contributed by atoms with E-state index < -0.39 is 18.1 Å². The fraction of sp³-hybridized carbons (Fsp3) is 0.756. The summed E-state index contributed by atoms with van der Waals surface area (Å²) in [4.78, 5) is 36.9. The van der Waals surface area contributed by atoms with Crippen LogP contribution in [0.15, 0.2) is 48.6 Å². The number of hydrogen-bond donors (Lipinski definition) is 1. The number of unbranched alkanes of at least 4 members (excludes halogenated alkanes) is 15. The molecule has 0 radical (unpaired) electrons. The van der Waals surface area contributed by atoms with E-state index in [0.29, 0.717) is 19.3 Å². The van der Waals surface area contributed by atoms with Crippen molar-refractivity contribution >= 4 is 17.9 Å². The Kier molecular flexibility index (Phi) is 34.4. The summed E-state index contributed by atoms with van der Waals surface area (Å²) in [7, 11) is 5.51. The molecule has 2 atom stereocenters. The van der Waals surface area contributed by atoms with Crippen LogP contribution in [0.3, 0.4) is 0 Å². The van der Waals surface area contributed by atoms with Crippen LogP contribution in [0.4, 0.5) is 0 Å². The van der Waals surface area contributed by atoms with Gasteiger partial charge in [0.2, 0.25) is 0 Å². The van der Waals surface area contributed by atoms with Gasteiger partial charge in [0.25, 0.3) is 0 Å². The predicted molar refractivity (Wildman–Crippen MR) is 220 cm³/mol. The minimum Gasteiger partial charge on any atom is -0.477 e. The standard InChI is InChI=1S/C45H79NO7/c1-6-8-10-12-14-16-18-19-20-21-22-23-24-25-26-28-29-31-33-35-43(47)52-40-41(39-51-38-37-42(45(49)50)46(3,4)5)53-44(48)36-34-32-30-27-17-15-13-11-9-7-2/h8,10,14,16,19-20,22-23,41-42H,6-7,9,11-13,15,17-18,21,24-40H2,1-5H3/p+1/b10-8+,16-14+,20-19+,23-22+. The quantitative estimate of drug-likeness (QED) is 0.0292. The fourth-order valence-electron chi connectivity index (χ4n) is 5.96. The van der Waals surface area contributed by atoms with E-state index in [4.69, 9.17) is 14.2 Å². The van der Waals surface area contributed by atoms with Gasteiger partial charge in [-0.1, -0.05) is 146 Å². The van der Waals surface area contributed by atoms with Gasteiger partial charge in [0.15, 0.2) is 12.1 Å². The van der Waals surface area contributed by atoms with E-state index in [1.54, 1.807) is 0 Å². The summed E-state index contributed by atoms with van der Waals surface area (Å²) in [5.74, 6) is -1.49. The summed E-state index contributed by atoms with van der Waals surface area (Å²) in [5, 5.41) is 9.60. The number of aliphatic carboxylic acids is 1. The normalized spacial score (nSPS) is 13.5. The van der Waals surface area contributed by atoms with Gasteiger partial charge in [0.1, 0.15) is 6.61 Å². The van der Waals surface area contributed by atoms with E-state index in [1.807, 2.05) is 21.1 Å². The first-order valence-electron chi connectivity index (χ1n) is 21.2. The second-order valence-electron chi connectivity index (χ2n) is 15.2. The zero-order valence-electron chi connectivity index (χ0n) is 34.7. The van der Waals surface area contributed by atoms with Crippen LogP contribution in [0.2, 0.25) is 0 Å². The molecule has 8 nitrogen and oxygen atoms in total. The van der Waals surface area contributed by atoms with Crippen LogP contribution in [-0.2, 0) is 28.6 Å². The Balaban J connectivity index is 4.33. The zero-order valence-corrected chi connectivity index (χ0v) is 34.7. The summed E-state index contributed by atoms with van der Waals surface area (Å²) in [6, 6.07) is -0.615. The number of hydrogen-bond acceptors (Lipinski definition) is 6. The van der Waals surface area contributed by atoms with Crippen LogP contribution in [0.25, 0.3) is 0 Å². The minimum atomic E-state index is -0.878. The molecule has 0 aliphatic heterocycles. The molecule has 0 heterocycles. The number of carboxylic acids is 1. The molecule has 0 aromatic carbocycles. The molecule has 2 unspecified atom stereocenters. The van der Waals surface area contributed by atoms with Crippen molar-refractivity contribution in [2.24, 2.45) is 0 Å². The molecule has 0 aliphatic rings. The Hall–Kier alpha value is -2.71. The molecule has 306 valence electrons. The van der Waals surface area contributed by atoms with Gasteiger partial charge in [0, 0.05) is 19.3 Å². The van der Waals surface area contributed by atoms with Crippen molar-refractivity contribution < 1.29 is 38.2 Å². The average Bonchev–Trinajstić information content (AvgIpc) is 3.11. The number of carbonyl (C=O) groups is 3. The van der Waals surface area contributed by atoms with Crippen LogP contribution in [0.1, 0.15) is 168 Å². The highest BCUT2D eigenvalue weighted by molar-refractivity contribution is 5.72. The van der Waals surface area contributed by atoms with Gasteiger partial charge in [-0.15, -0.1) is 0 Å². The van der Waals surface area contributed by atoms with Gasteiger partial charge in [-0.2, -0.15) is 0 Å². The highest BCUT2D eigenvalue weighted by Gasteiger charge is 2.31. The summed E-state index contributed by atoms with van der Waals surface area (Å²) in [5.41, 5.74) is 0. The Morgan fingerprint density at radius 2 is 1.06 bits per heavy atom. The monoisotopic (exact) mass is 747 g/mol. The minimum absolute atomic E-state index is 0.0570. The van der Waals surface area contributed by atoms with Gasteiger partial charge in [0.05, 0.1) is 34.4 Å². The number of likely N-dealkylation sites (N-methyl/N-ethyl adjacent to an activating group) is 1. The largest absolute Gasteiger partial charge is 0.477 e. The number of carboxylic acid groups (broad SMARTS) is 1.